The van der Waals surface area contributed by atoms with Crippen LogP contribution in [0.2, 0.25) is 0 Å². The van der Waals surface area contributed by atoms with E-state index in [4.69, 9.17) is 21.1 Å². The topological polar surface area (TPSA) is 35.5 Å². The lowest BCUT2D eigenvalue weighted by molar-refractivity contribution is -0.187. The molecule has 4 atom stereocenters. The second-order valence-electron chi connectivity index (χ2n) is 5.39. The van der Waals surface area contributed by atoms with E-state index in [0.717, 1.165) is 24.8 Å². The molecule has 5 heteroatoms. The molecule has 3 nitrogen and oxygen atoms in total. The van der Waals surface area contributed by atoms with E-state index in [2.05, 4.69) is 15.9 Å². The van der Waals surface area contributed by atoms with Gasteiger partial charge >= 0.3 is 5.97 Å². The smallest absolute Gasteiger partial charge is 0.333 e. The number of alkyl halides is 2. The SMILES string of the molecule is CO[C@]1(C)OC(=O)C=C1[C@H]1CC[C@](C)(Cl)[C@@H](Br)C1. The summed E-state index contributed by atoms with van der Waals surface area (Å²) in [5.41, 5.74) is 0.937. The molecule has 18 heavy (non-hydrogen) atoms. The van der Waals surface area contributed by atoms with Gasteiger partial charge in [-0.05, 0) is 32.1 Å². The van der Waals surface area contributed by atoms with E-state index < -0.39 is 5.79 Å². The third-order valence-corrected chi connectivity index (χ3v) is 6.15. The van der Waals surface area contributed by atoms with Crippen molar-refractivity contribution in [2.75, 3.05) is 7.11 Å². The maximum atomic E-state index is 11.5. The van der Waals surface area contributed by atoms with Crippen LogP contribution in [-0.4, -0.2) is 28.6 Å². The van der Waals surface area contributed by atoms with Gasteiger partial charge in [0.2, 0.25) is 5.79 Å². The molecule has 0 N–H and O–H groups in total. The van der Waals surface area contributed by atoms with Gasteiger partial charge in [0.05, 0.1) is 4.87 Å². The molecule has 1 heterocycles. The second-order valence-corrected chi connectivity index (χ2v) is 7.36. The van der Waals surface area contributed by atoms with E-state index >= 15 is 0 Å². The third-order valence-electron chi connectivity index (χ3n) is 4.05. The van der Waals surface area contributed by atoms with Crippen LogP contribution in [0, 0.1) is 5.92 Å². The highest BCUT2D eigenvalue weighted by Gasteiger charge is 2.46. The molecule has 1 saturated carbocycles. The molecule has 1 aliphatic heterocycles. The summed E-state index contributed by atoms with van der Waals surface area (Å²) in [6.45, 7) is 3.84. The Labute approximate surface area is 121 Å². The number of methoxy groups -OCH3 is 1. The van der Waals surface area contributed by atoms with E-state index in [9.17, 15) is 4.79 Å². The van der Waals surface area contributed by atoms with Gasteiger partial charge in [0.25, 0.3) is 0 Å². The summed E-state index contributed by atoms with van der Waals surface area (Å²) >= 11 is 10.1. The predicted octanol–water partition coefficient (Wildman–Crippen LogP) is 3.39. The number of hydrogen-bond donors (Lipinski definition) is 0. The van der Waals surface area contributed by atoms with Crippen LogP contribution >= 0.6 is 27.5 Å². The fourth-order valence-electron chi connectivity index (χ4n) is 2.70. The largest absolute Gasteiger partial charge is 0.426 e. The number of esters is 1. The first kappa shape index (κ1) is 14.4. The van der Waals surface area contributed by atoms with Crippen molar-refractivity contribution in [3.63, 3.8) is 0 Å². The number of halogens is 2. The van der Waals surface area contributed by atoms with Gasteiger partial charge in [-0.2, -0.15) is 0 Å². The van der Waals surface area contributed by atoms with Crippen molar-refractivity contribution < 1.29 is 14.3 Å². The molecular formula is C13H18BrClO3. The number of carbonyl (C=O) groups is 1. The van der Waals surface area contributed by atoms with Gasteiger partial charge < -0.3 is 9.47 Å². The minimum Gasteiger partial charge on any atom is -0.426 e. The van der Waals surface area contributed by atoms with Gasteiger partial charge in [-0.1, -0.05) is 15.9 Å². The lowest BCUT2D eigenvalue weighted by Gasteiger charge is -2.40. The highest BCUT2D eigenvalue weighted by molar-refractivity contribution is 9.09. The Morgan fingerprint density at radius 3 is 2.78 bits per heavy atom. The molecule has 0 aromatic carbocycles. The molecule has 0 unspecified atom stereocenters. The molecule has 1 fully saturated rings. The molecule has 0 bridgehead atoms. The van der Waals surface area contributed by atoms with Crippen LogP contribution in [0.1, 0.15) is 33.1 Å². The minimum atomic E-state index is -0.908. The van der Waals surface area contributed by atoms with Crippen LogP contribution in [0.4, 0.5) is 0 Å². The molecule has 0 amide bonds. The van der Waals surface area contributed by atoms with Crippen LogP contribution in [0.5, 0.6) is 0 Å². The summed E-state index contributed by atoms with van der Waals surface area (Å²) in [4.78, 5) is 11.5. The van der Waals surface area contributed by atoms with Crippen LogP contribution in [-0.2, 0) is 14.3 Å². The van der Waals surface area contributed by atoms with Crippen LogP contribution in [0.3, 0.4) is 0 Å². The van der Waals surface area contributed by atoms with E-state index in [0.29, 0.717) is 0 Å². The van der Waals surface area contributed by atoms with Crippen LogP contribution < -0.4 is 0 Å². The molecular weight excluding hydrogens is 319 g/mol. The molecule has 102 valence electrons. The quantitative estimate of drug-likeness (QED) is 0.572. The number of carbonyl (C=O) groups excluding carboxylic acids is 1. The fraction of sp³-hybridized carbons (Fsp3) is 0.769. The Kier molecular flexibility index (Phi) is 3.83. The van der Waals surface area contributed by atoms with E-state index in [-0.39, 0.29) is 21.6 Å². The average molecular weight is 338 g/mol. The molecule has 0 saturated heterocycles. The lowest BCUT2D eigenvalue weighted by atomic mass is 9.76. The highest BCUT2D eigenvalue weighted by Crippen LogP contribution is 2.47. The van der Waals surface area contributed by atoms with Gasteiger partial charge in [-0.25, -0.2) is 4.79 Å². The first-order valence-corrected chi connectivity index (χ1v) is 7.41. The maximum Gasteiger partial charge on any atom is 0.333 e. The van der Waals surface area contributed by atoms with Gasteiger partial charge in [0.15, 0.2) is 0 Å². The van der Waals surface area contributed by atoms with Crippen LogP contribution in [0.25, 0.3) is 0 Å². The summed E-state index contributed by atoms with van der Waals surface area (Å²) in [6, 6.07) is 0. The highest BCUT2D eigenvalue weighted by atomic mass is 79.9. The first-order valence-electron chi connectivity index (χ1n) is 6.11. The Bertz CT molecular complexity index is 394. The number of hydrogen-bond acceptors (Lipinski definition) is 3. The third kappa shape index (κ3) is 2.47. The zero-order chi connectivity index (χ0) is 13.6. The van der Waals surface area contributed by atoms with Crippen molar-refractivity contribution in [3.05, 3.63) is 11.6 Å². The standard InChI is InChI=1S/C13H18BrClO3/c1-12(15)5-4-8(6-10(12)14)9-7-11(16)18-13(9,2)17-3/h7-8,10H,4-6H2,1-3H3/t8-,10-,12-,13+/m0/s1. The van der Waals surface area contributed by atoms with Crippen molar-refractivity contribution in [1.29, 1.82) is 0 Å². The van der Waals surface area contributed by atoms with Gasteiger partial charge in [-0.3, -0.25) is 0 Å². The molecule has 2 rings (SSSR count). The summed E-state index contributed by atoms with van der Waals surface area (Å²) in [6.07, 6.45) is 4.32. The van der Waals surface area contributed by atoms with Crippen molar-refractivity contribution in [2.24, 2.45) is 5.92 Å². The zero-order valence-electron chi connectivity index (χ0n) is 10.8. The molecule has 0 aromatic rings. The minimum absolute atomic E-state index is 0.218. The Hall–Kier alpha value is -0.0600. The first-order chi connectivity index (χ1) is 8.28. The zero-order valence-corrected chi connectivity index (χ0v) is 13.2. The molecule has 0 radical (unpaired) electrons. The number of cyclic esters (lactones) is 1. The van der Waals surface area contributed by atoms with Crippen molar-refractivity contribution in [2.45, 2.75) is 48.6 Å². The normalized spacial score (nSPS) is 44.7. The number of ether oxygens (including phenoxy) is 2. The second kappa shape index (κ2) is 4.80. The molecule has 2 aliphatic rings. The predicted molar refractivity (Wildman–Crippen MR) is 73.9 cm³/mol. The summed E-state index contributed by atoms with van der Waals surface area (Å²) in [5, 5.41) is 0. The number of rotatable bonds is 2. The van der Waals surface area contributed by atoms with E-state index in [1.807, 2.05) is 6.92 Å². The van der Waals surface area contributed by atoms with Gasteiger partial charge in [0.1, 0.15) is 0 Å². The monoisotopic (exact) mass is 336 g/mol. The summed E-state index contributed by atoms with van der Waals surface area (Å²) < 4.78 is 10.6. The van der Waals surface area contributed by atoms with Gasteiger partial charge in [0, 0.05) is 30.5 Å². The summed E-state index contributed by atoms with van der Waals surface area (Å²) in [5.74, 6) is -0.952. The Morgan fingerprint density at radius 2 is 2.22 bits per heavy atom. The molecule has 0 spiro atoms. The molecule has 1 aliphatic carbocycles. The molecule has 0 aromatic heterocycles. The Balaban J connectivity index is 2.18. The van der Waals surface area contributed by atoms with Crippen molar-refractivity contribution >= 4 is 33.5 Å². The fourth-order valence-corrected chi connectivity index (χ4v) is 3.57. The average Bonchev–Trinajstić information content (AvgIpc) is 2.59. The van der Waals surface area contributed by atoms with Crippen molar-refractivity contribution in [3.8, 4) is 0 Å². The van der Waals surface area contributed by atoms with Crippen molar-refractivity contribution in [1.82, 2.24) is 0 Å². The summed E-state index contributed by atoms with van der Waals surface area (Å²) in [7, 11) is 1.56. The van der Waals surface area contributed by atoms with Crippen LogP contribution in [0.15, 0.2) is 11.6 Å². The maximum absolute atomic E-state index is 11.5. The van der Waals surface area contributed by atoms with Gasteiger partial charge in [-0.15, -0.1) is 11.6 Å². The van der Waals surface area contributed by atoms with E-state index in [1.54, 1.807) is 20.1 Å². The lowest BCUT2D eigenvalue weighted by Crippen LogP contribution is -2.40. The Morgan fingerprint density at radius 1 is 1.56 bits per heavy atom. The van der Waals surface area contributed by atoms with E-state index in [1.165, 1.54) is 0 Å².